The average Bonchev–Trinajstić information content (AvgIpc) is 3.56. The Balaban J connectivity index is 1.28. The standard InChI is InChI=1S/C41H40N4O/c1-6-30-17-20-38-37(23-30)36-19-18-35(26-39(36)44(38)40-24-31(21-22-42-40)16-15-27(2)3)46-34-14-10-13-33(25-34)45-29(5)41(28(4)43-45)32-11-8-7-9-12-32/h7-14,17-27H,6,15-16H2,1-5H3. The topological polar surface area (TPSA) is 44.9 Å². The highest BCUT2D eigenvalue weighted by Gasteiger charge is 2.17. The van der Waals surface area contributed by atoms with Crippen molar-refractivity contribution in [3.63, 3.8) is 0 Å². The number of benzene rings is 4. The van der Waals surface area contributed by atoms with Crippen molar-refractivity contribution in [2.45, 2.75) is 53.9 Å². The Bertz CT molecular complexity index is 2170. The maximum absolute atomic E-state index is 6.56. The Morgan fingerprint density at radius 3 is 2.37 bits per heavy atom. The third-order valence-electron chi connectivity index (χ3n) is 8.91. The second-order valence-electron chi connectivity index (χ2n) is 12.6. The second-order valence-corrected chi connectivity index (χ2v) is 12.6. The summed E-state index contributed by atoms with van der Waals surface area (Å²) in [6.45, 7) is 10.9. The van der Waals surface area contributed by atoms with Crippen molar-refractivity contribution in [1.29, 1.82) is 0 Å². The average molecular weight is 605 g/mol. The first kappa shape index (κ1) is 29.5. The van der Waals surface area contributed by atoms with Crippen LogP contribution in [0, 0.1) is 19.8 Å². The van der Waals surface area contributed by atoms with E-state index in [1.807, 2.05) is 29.1 Å². The van der Waals surface area contributed by atoms with Crippen molar-refractivity contribution in [2.24, 2.45) is 5.92 Å². The Morgan fingerprint density at radius 1 is 0.739 bits per heavy atom. The van der Waals surface area contributed by atoms with Crippen LogP contribution in [0.3, 0.4) is 0 Å². The summed E-state index contributed by atoms with van der Waals surface area (Å²) in [6, 6.07) is 36.2. The zero-order valence-electron chi connectivity index (χ0n) is 27.3. The molecule has 0 bridgehead atoms. The molecular formula is C41H40N4O. The first-order valence-corrected chi connectivity index (χ1v) is 16.3. The minimum Gasteiger partial charge on any atom is -0.457 e. The predicted octanol–water partition coefficient (Wildman–Crippen LogP) is 10.6. The Labute approximate surface area is 271 Å². The monoisotopic (exact) mass is 604 g/mol. The molecule has 3 heterocycles. The van der Waals surface area contributed by atoms with Gasteiger partial charge >= 0.3 is 0 Å². The van der Waals surface area contributed by atoms with E-state index in [4.69, 9.17) is 14.8 Å². The molecule has 0 radical (unpaired) electrons. The zero-order chi connectivity index (χ0) is 31.8. The van der Waals surface area contributed by atoms with E-state index in [1.54, 1.807) is 0 Å². The fraction of sp³-hybridized carbons (Fsp3) is 0.220. The predicted molar refractivity (Wildman–Crippen MR) is 190 cm³/mol. The molecule has 0 N–H and O–H groups in total. The Hall–Kier alpha value is -5.16. The molecule has 7 rings (SSSR count). The molecule has 0 aliphatic heterocycles. The number of rotatable bonds is 9. The van der Waals surface area contributed by atoms with Crippen molar-refractivity contribution in [2.75, 3.05) is 0 Å². The maximum atomic E-state index is 6.56. The number of fused-ring (bicyclic) bond motifs is 3. The normalized spacial score (nSPS) is 11.6. The van der Waals surface area contributed by atoms with Gasteiger partial charge in [-0.05, 0) is 104 Å². The highest BCUT2D eigenvalue weighted by molar-refractivity contribution is 6.09. The summed E-state index contributed by atoms with van der Waals surface area (Å²) in [5.74, 6) is 3.13. The third kappa shape index (κ3) is 5.58. The largest absolute Gasteiger partial charge is 0.457 e. The fourth-order valence-corrected chi connectivity index (χ4v) is 6.50. The van der Waals surface area contributed by atoms with Gasteiger partial charge in [0.15, 0.2) is 0 Å². The molecule has 230 valence electrons. The van der Waals surface area contributed by atoms with Crippen LogP contribution >= 0.6 is 0 Å². The summed E-state index contributed by atoms with van der Waals surface area (Å²) in [5.41, 5.74) is 10.3. The van der Waals surface area contributed by atoms with Gasteiger partial charge in [-0.15, -0.1) is 0 Å². The van der Waals surface area contributed by atoms with Crippen molar-refractivity contribution < 1.29 is 4.74 Å². The first-order valence-electron chi connectivity index (χ1n) is 16.3. The van der Waals surface area contributed by atoms with Crippen LogP contribution in [-0.2, 0) is 12.8 Å². The van der Waals surface area contributed by atoms with Gasteiger partial charge in [-0.25, -0.2) is 9.67 Å². The van der Waals surface area contributed by atoms with Gasteiger partial charge in [0.2, 0.25) is 0 Å². The molecule has 0 saturated carbocycles. The Kier molecular flexibility index (Phi) is 7.91. The van der Waals surface area contributed by atoms with Gasteiger partial charge in [0.05, 0.1) is 22.4 Å². The molecule has 7 aromatic rings. The molecule has 0 spiro atoms. The minimum atomic E-state index is 0.655. The molecule has 3 aromatic heterocycles. The Morgan fingerprint density at radius 2 is 1.57 bits per heavy atom. The molecule has 0 unspecified atom stereocenters. The molecule has 0 aliphatic carbocycles. The first-order chi connectivity index (χ1) is 22.4. The van der Waals surface area contributed by atoms with Gasteiger partial charge < -0.3 is 4.74 Å². The number of pyridine rings is 1. The second kappa shape index (κ2) is 12.3. The lowest BCUT2D eigenvalue weighted by Gasteiger charge is -2.12. The molecule has 0 atom stereocenters. The van der Waals surface area contributed by atoms with E-state index in [0.29, 0.717) is 5.92 Å². The van der Waals surface area contributed by atoms with Crippen LogP contribution in [0.5, 0.6) is 11.5 Å². The van der Waals surface area contributed by atoms with Gasteiger partial charge in [-0.2, -0.15) is 5.10 Å². The molecule has 0 saturated heterocycles. The summed E-state index contributed by atoms with van der Waals surface area (Å²) >= 11 is 0. The number of hydrogen-bond acceptors (Lipinski definition) is 3. The van der Waals surface area contributed by atoms with Crippen molar-refractivity contribution in [1.82, 2.24) is 19.3 Å². The van der Waals surface area contributed by atoms with Gasteiger partial charge in [-0.3, -0.25) is 4.57 Å². The number of ether oxygens (including phenoxy) is 1. The smallest absolute Gasteiger partial charge is 0.137 e. The van der Waals surface area contributed by atoms with Crippen LogP contribution in [-0.4, -0.2) is 19.3 Å². The van der Waals surface area contributed by atoms with Gasteiger partial charge in [0.1, 0.15) is 17.3 Å². The molecule has 46 heavy (non-hydrogen) atoms. The lowest BCUT2D eigenvalue weighted by Crippen LogP contribution is -2.00. The van der Waals surface area contributed by atoms with Crippen LogP contribution < -0.4 is 4.74 Å². The minimum absolute atomic E-state index is 0.655. The van der Waals surface area contributed by atoms with Crippen LogP contribution in [0.1, 0.15) is 49.7 Å². The lowest BCUT2D eigenvalue weighted by molar-refractivity contribution is 0.482. The van der Waals surface area contributed by atoms with Crippen LogP contribution in [0.15, 0.2) is 109 Å². The van der Waals surface area contributed by atoms with E-state index in [1.165, 1.54) is 33.0 Å². The van der Waals surface area contributed by atoms with Crippen LogP contribution in [0.4, 0.5) is 0 Å². The summed E-state index contributed by atoms with van der Waals surface area (Å²) in [4.78, 5) is 4.86. The molecule has 0 fully saturated rings. The van der Waals surface area contributed by atoms with Crippen LogP contribution in [0.2, 0.25) is 0 Å². The molecule has 0 amide bonds. The molecule has 5 nitrogen and oxygen atoms in total. The van der Waals surface area contributed by atoms with Crippen molar-refractivity contribution >= 4 is 21.8 Å². The van der Waals surface area contributed by atoms with Gasteiger partial charge in [0.25, 0.3) is 0 Å². The van der Waals surface area contributed by atoms with E-state index >= 15 is 0 Å². The quantitative estimate of drug-likeness (QED) is 0.165. The zero-order valence-corrected chi connectivity index (χ0v) is 27.3. The molecule has 0 aliphatic rings. The molecule has 5 heteroatoms. The third-order valence-corrected chi connectivity index (χ3v) is 8.91. The number of nitrogens with zero attached hydrogens (tertiary/aromatic N) is 4. The number of aromatic nitrogens is 4. The fourth-order valence-electron chi connectivity index (χ4n) is 6.50. The van der Waals surface area contributed by atoms with E-state index in [9.17, 15) is 0 Å². The SMILES string of the molecule is CCc1ccc2c(c1)c1ccc(Oc3cccc(-n4nc(C)c(-c5ccccc5)c4C)c3)cc1n2-c1cc(CCC(C)C)ccn1. The number of hydrogen-bond donors (Lipinski definition) is 0. The van der Waals surface area contributed by atoms with Crippen molar-refractivity contribution in [3.05, 3.63) is 132 Å². The number of aryl methyl sites for hydroxylation is 3. The van der Waals surface area contributed by atoms with Crippen molar-refractivity contribution in [3.8, 4) is 34.1 Å². The van der Waals surface area contributed by atoms with Gasteiger partial charge in [-0.1, -0.05) is 63.2 Å². The van der Waals surface area contributed by atoms with Crippen LogP contribution in [0.25, 0.3) is 44.4 Å². The summed E-state index contributed by atoms with van der Waals surface area (Å²) in [5, 5.41) is 7.33. The summed E-state index contributed by atoms with van der Waals surface area (Å²) in [7, 11) is 0. The highest BCUT2D eigenvalue weighted by Crippen LogP contribution is 2.36. The van der Waals surface area contributed by atoms with E-state index in [0.717, 1.165) is 64.7 Å². The van der Waals surface area contributed by atoms with E-state index in [-0.39, 0.29) is 0 Å². The molecular weight excluding hydrogens is 564 g/mol. The van der Waals surface area contributed by atoms with E-state index in [2.05, 4.69) is 124 Å². The molecule has 4 aromatic carbocycles. The highest BCUT2D eigenvalue weighted by atomic mass is 16.5. The summed E-state index contributed by atoms with van der Waals surface area (Å²) in [6.07, 6.45) is 5.12. The lowest BCUT2D eigenvalue weighted by atomic mass is 10.0. The van der Waals surface area contributed by atoms with Gasteiger partial charge in [0, 0.05) is 40.4 Å². The van der Waals surface area contributed by atoms with E-state index < -0.39 is 0 Å². The summed E-state index contributed by atoms with van der Waals surface area (Å²) < 4.78 is 10.8. The maximum Gasteiger partial charge on any atom is 0.137 e.